The molecule has 0 saturated heterocycles. The summed E-state index contributed by atoms with van der Waals surface area (Å²) in [5, 5.41) is 3.53. The van der Waals surface area contributed by atoms with Crippen molar-refractivity contribution in [3.8, 4) is 5.75 Å². The fourth-order valence-electron chi connectivity index (χ4n) is 2.85. The highest BCUT2D eigenvalue weighted by atomic mass is 127. The number of rotatable bonds is 9. The summed E-state index contributed by atoms with van der Waals surface area (Å²) in [5.74, 6) is 0.202. The van der Waals surface area contributed by atoms with E-state index in [4.69, 9.17) is 16.3 Å². The lowest BCUT2D eigenvalue weighted by atomic mass is 10.1. The Morgan fingerprint density at radius 2 is 1.72 bits per heavy atom. The molecule has 0 spiro atoms. The van der Waals surface area contributed by atoms with Gasteiger partial charge in [0.05, 0.1) is 0 Å². The third-order valence-corrected chi connectivity index (χ3v) is 5.23. The van der Waals surface area contributed by atoms with Gasteiger partial charge in [-0.15, -0.1) is 0 Å². The van der Waals surface area contributed by atoms with Crippen LogP contribution in [0.5, 0.6) is 5.75 Å². The lowest BCUT2D eigenvalue weighted by Gasteiger charge is -2.31. The zero-order valence-electron chi connectivity index (χ0n) is 16.8. The van der Waals surface area contributed by atoms with Crippen LogP contribution in [0.3, 0.4) is 0 Å². The molecule has 0 aliphatic carbocycles. The monoisotopic (exact) mass is 528 g/mol. The lowest BCUT2D eigenvalue weighted by molar-refractivity contribution is -0.143. The minimum atomic E-state index is -0.583. The van der Waals surface area contributed by atoms with E-state index in [0.29, 0.717) is 23.7 Å². The van der Waals surface area contributed by atoms with Gasteiger partial charge in [-0.3, -0.25) is 9.59 Å². The molecule has 5 nitrogen and oxygen atoms in total. The highest BCUT2D eigenvalue weighted by Gasteiger charge is 2.29. The molecule has 1 atom stereocenters. The average Bonchev–Trinajstić information content (AvgIpc) is 2.68. The zero-order valence-corrected chi connectivity index (χ0v) is 19.7. The van der Waals surface area contributed by atoms with E-state index in [1.54, 1.807) is 17.0 Å². The third-order valence-electron chi connectivity index (χ3n) is 4.26. The second-order valence-corrected chi connectivity index (χ2v) is 8.66. The largest absolute Gasteiger partial charge is 0.484 e. The van der Waals surface area contributed by atoms with Crippen molar-refractivity contribution in [2.24, 2.45) is 0 Å². The van der Waals surface area contributed by atoms with E-state index in [0.717, 1.165) is 9.13 Å². The molecule has 0 aromatic heterocycles. The van der Waals surface area contributed by atoms with Crippen LogP contribution in [0.4, 0.5) is 0 Å². The van der Waals surface area contributed by atoms with Gasteiger partial charge in [-0.05, 0) is 84.8 Å². The maximum Gasteiger partial charge on any atom is 0.261 e. The summed E-state index contributed by atoms with van der Waals surface area (Å²) in [6, 6.07) is 14.1. The molecule has 0 aliphatic heterocycles. The molecule has 0 unspecified atom stereocenters. The first kappa shape index (κ1) is 23.5. The normalized spacial score (nSPS) is 11.8. The van der Waals surface area contributed by atoms with Crippen molar-refractivity contribution < 1.29 is 14.3 Å². The van der Waals surface area contributed by atoms with Crippen LogP contribution < -0.4 is 10.1 Å². The van der Waals surface area contributed by atoms with Crippen LogP contribution in [-0.2, 0) is 16.1 Å². The molecule has 0 radical (unpaired) electrons. The van der Waals surface area contributed by atoms with Crippen LogP contribution in [0.15, 0.2) is 48.5 Å². The second kappa shape index (κ2) is 11.4. The first-order chi connectivity index (χ1) is 13.8. The molecule has 0 aliphatic rings. The van der Waals surface area contributed by atoms with E-state index < -0.39 is 6.04 Å². The van der Waals surface area contributed by atoms with Crippen LogP contribution in [0, 0.1) is 3.57 Å². The number of nitrogens with one attached hydrogen (secondary N) is 1. The standard InChI is InChI=1S/C22H26ClIN2O3/c1-4-20(22(28)25-15(2)3)26(13-16-5-7-17(23)8-6-16)21(27)14-29-19-11-9-18(24)10-12-19/h5-12,15,20H,4,13-14H2,1-3H3,(H,25,28)/t20-/m0/s1. The smallest absolute Gasteiger partial charge is 0.261 e. The highest BCUT2D eigenvalue weighted by molar-refractivity contribution is 14.1. The van der Waals surface area contributed by atoms with Crippen molar-refractivity contribution in [3.05, 3.63) is 62.7 Å². The number of nitrogens with zero attached hydrogens (tertiary/aromatic N) is 1. The van der Waals surface area contributed by atoms with Gasteiger partial charge in [0.1, 0.15) is 11.8 Å². The Morgan fingerprint density at radius 3 is 2.28 bits per heavy atom. The Hall–Kier alpha value is -1.80. The Labute approximate surface area is 190 Å². The van der Waals surface area contributed by atoms with Gasteiger partial charge in [0.2, 0.25) is 5.91 Å². The zero-order chi connectivity index (χ0) is 21.4. The van der Waals surface area contributed by atoms with Crippen LogP contribution >= 0.6 is 34.2 Å². The second-order valence-electron chi connectivity index (χ2n) is 6.98. The van der Waals surface area contributed by atoms with Crippen molar-refractivity contribution in [3.63, 3.8) is 0 Å². The number of hydrogen-bond donors (Lipinski definition) is 1. The van der Waals surface area contributed by atoms with E-state index in [2.05, 4.69) is 27.9 Å². The molecular weight excluding hydrogens is 503 g/mol. The first-order valence-electron chi connectivity index (χ1n) is 9.52. The summed E-state index contributed by atoms with van der Waals surface area (Å²) in [4.78, 5) is 27.3. The van der Waals surface area contributed by atoms with Crippen LogP contribution in [0.2, 0.25) is 5.02 Å². The Morgan fingerprint density at radius 1 is 1.10 bits per heavy atom. The molecule has 0 heterocycles. The molecule has 1 N–H and O–H groups in total. The van der Waals surface area contributed by atoms with E-state index >= 15 is 0 Å². The number of halogens is 2. The quantitative estimate of drug-likeness (QED) is 0.482. The fraction of sp³-hybridized carbons (Fsp3) is 0.364. The van der Waals surface area contributed by atoms with Crippen molar-refractivity contribution >= 4 is 46.0 Å². The minimum Gasteiger partial charge on any atom is -0.484 e. The maximum atomic E-state index is 13.0. The summed E-state index contributed by atoms with van der Waals surface area (Å²) in [6.07, 6.45) is 0.501. The molecule has 0 fully saturated rings. The fourth-order valence-corrected chi connectivity index (χ4v) is 3.33. The Kier molecular flexibility index (Phi) is 9.23. The van der Waals surface area contributed by atoms with E-state index in [9.17, 15) is 9.59 Å². The molecule has 0 saturated carbocycles. The SMILES string of the molecule is CC[C@@H](C(=O)NC(C)C)N(Cc1ccc(Cl)cc1)C(=O)COc1ccc(I)cc1. The van der Waals surface area contributed by atoms with Crippen LogP contribution in [0.1, 0.15) is 32.8 Å². The summed E-state index contributed by atoms with van der Waals surface area (Å²) >= 11 is 8.18. The van der Waals surface area contributed by atoms with Crippen molar-refractivity contribution in [1.82, 2.24) is 10.2 Å². The number of ether oxygens (including phenoxy) is 1. The molecular formula is C22H26ClIN2O3. The van der Waals surface area contributed by atoms with Crippen molar-refractivity contribution in [1.29, 1.82) is 0 Å². The Bertz CT molecular complexity index is 810. The molecule has 2 rings (SSSR count). The third kappa shape index (κ3) is 7.51. The molecule has 2 amide bonds. The van der Waals surface area contributed by atoms with Gasteiger partial charge in [-0.2, -0.15) is 0 Å². The first-order valence-corrected chi connectivity index (χ1v) is 11.0. The molecule has 2 aromatic carbocycles. The van der Waals surface area contributed by atoms with Gasteiger partial charge in [0.15, 0.2) is 6.61 Å². The Balaban J connectivity index is 2.18. The van der Waals surface area contributed by atoms with Gasteiger partial charge < -0.3 is 15.0 Å². The summed E-state index contributed by atoms with van der Waals surface area (Å²) in [7, 11) is 0. The van der Waals surface area contributed by atoms with Gasteiger partial charge in [0.25, 0.3) is 5.91 Å². The van der Waals surface area contributed by atoms with Gasteiger partial charge in [0, 0.05) is 21.2 Å². The molecule has 7 heteroatoms. The average molecular weight is 529 g/mol. The number of amides is 2. The number of carbonyl (C=O) groups excluding carboxylic acids is 2. The molecule has 0 bridgehead atoms. The van der Waals surface area contributed by atoms with E-state index in [-0.39, 0.29) is 24.5 Å². The van der Waals surface area contributed by atoms with Gasteiger partial charge >= 0.3 is 0 Å². The van der Waals surface area contributed by atoms with E-state index in [1.807, 2.05) is 57.2 Å². The van der Waals surface area contributed by atoms with Crippen LogP contribution in [0.25, 0.3) is 0 Å². The topological polar surface area (TPSA) is 58.6 Å². The van der Waals surface area contributed by atoms with Gasteiger partial charge in [-0.25, -0.2) is 0 Å². The van der Waals surface area contributed by atoms with Crippen molar-refractivity contribution in [2.45, 2.75) is 45.8 Å². The van der Waals surface area contributed by atoms with E-state index in [1.165, 1.54) is 0 Å². The molecule has 156 valence electrons. The number of benzene rings is 2. The summed E-state index contributed by atoms with van der Waals surface area (Å²) in [6.45, 7) is 5.86. The maximum absolute atomic E-state index is 13.0. The molecule has 29 heavy (non-hydrogen) atoms. The van der Waals surface area contributed by atoms with Gasteiger partial charge in [-0.1, -0.05) is 30.7 Å². The molecule has 2 aromatic rings. The van der Waals surface area contributed by atoms with Crippen molar-refractivity contribution in [2.75, 3.05) is 6.61 Å². The van der Waals surface area contributed by atoms with Crippen LogP contribution in [-0.4, -0.2) is 35.4 Å². The number of hydrogen-bond acceptors (Lipinski definition) is 3. The number of carbonyl (C=O) groups is 2. The lowest BCUT2D eigenvalue weighted by Crippen LogP contribution is -2.51. The minimum absolute atomic E-state index is 0.00734. The highest BCUT2D eigenvalue weighted by Crippen LogP contribution is 2.17. The summed E-state index contributed by atoms with van der Waals surface area (Å²) < 4.78 is 6.75. The predicted octanol–water partition coefficient (Wildman–Crippen LogP) is 4.66. The summed E-state index contributed by atoms with van der Waals surface area (Å²) in [5.41, 5.74) is 0.896. The predicted molar refractivity (Wildman–Crippen MR) is 124 cm³/mol.